The number of piperidine rings is 1. The predicted molar refractivity (Wildman–Crippen MR) is 120 cm³/mol. The molecule has 0 unspecified atom stereocenters. The standard InChI is InChI=1S/C24H28N6/c1-4-24(2)8-11-29(12-9-24)23-6-5-18(14-25-23)21-13-19(20-15-27-28(3)16-20)17-30-22(21)7-10-26-30/h5-7,10,13-17H,4,8-9,11-12H2,1-3H3. The van der Waals surface area contributed by atoms with E-state index in [9.17, 15) is 0 Å². The molecule has 30 heavy (non-hydrogen) atoms. The van der Waals surface area contributed by atoms with Gasteiger partial charge >= 0.3 is 0 Å². The number of fused-ring (bicyclic) bond motifs is 1. The zero-order valence-corrected chi connectivity index (χ0v) is 17.9. The largest absolute Gasteiger partial charge is 0.357 e. The summed E-state index contributed by atoms with van der Waals surface area (Å²) < 4.78 is 3.75. The molecule has 1 saturated heterocycles. The van der Waals surface area contributed by atoms with E-state index in [0.29, 0.717) is 5.41 Å². The van der Waals surface area contributed by atoms with E-state index in [0.717, 1.165) is 46.7 Å². The number of hydrogen-bond acceptors (Lipinski definition) is 4. The highest BCUT2D eigenvalue weighted by Gasteiger charge is 2.28. The first-order valence-electron chi connectivity index (χ1n) is 10.7. The highest BCUT2D eigenvalue weighted by molar-refractivity contribution is 5.84. The number of hydrogen-bond donors (Lipinski definition) is 0. The molecule has 4 aromatic heterocycles. The minimum Gasteiger partial charge on any atom is -0.357 e. The average molecular weight is 401 g/mol. The summed E-state index contributed by atoms with van der Waals surface area (Å²) in [6.07, 6.45) is 13.5. The Kier molecular flexibility index (Phi) is 4.57. The molecule has 154 valence electrons. The Morgan fingerprint density at radius 3 is 2.47 bits per heavy atom. The fraction of sp³-hybridized carbons (Fsp3) is 0.375. The molecule has 0 N–H and O–H groups in total. The third kappa shape index (κ3) is 3.36. The molecule has 1 aliphatic heterocycles. The molecule has 6 heteroatoms. The normalized spacial score (nSPS) is 16.3. The molecule has 4 aromatic rings. The summed E-state index contributed by atoms with van der Waals surface area (Å²) in [5.74, 6) is 1.07. The van der Waals surface area contributed by atoms with E-state index in [1.165, 1.54) is 19.3 Å². The Bertz CT molecular complexity index is 1160. The van der Waals surface area contributed by atoms with E-state index in [1.807, 2.05) is 47.1 Å². The Balaban J connectivity index is 1.46. The second-order valence-electron chi connectivity index (χ2n) is 8.76. The van der Waals surface area contributed by atoms with Crippen LogP contribution in [0.2, 0.25) is 0 Å². The van der Waals surface area contributed by atoms with Crippen LogP contribution in [0, 0.1) is 5.41 Å². The van der Waals surface area contributed by atoms with Crippen molar-refractivity contribution in [3.05, 3.63) is 55.2 Å². The van der Waals surface area contributed by atoms with Crippen LogP contribution in [0.25, 0.3) is 27.8 Å². The van der Waals surface area contributed by atoms with Gasteiger partial charge in [0.15, 0.2) is 0 Å². The molecule has 0 saturated carbocycles. The molecular formula is C24H28N6. The quantitative estimate of drug-likeness (QED) is 0.493. The van der Waals surface area contributed by atoms with Gasteiger partial charge in [0.25, 0.3) is 0 Å². The summed E-state index contributed by atoms with van der Waals surface area (Å²) in [5.41, 5.74) is 5.96. The zero-order chi connectivity index (χ0) is 20.7. The minimum atomic E-state index is 0.483. The van der Waals surface area contributed by atoms with Crippen molar-refractivity contribution < 1.29 is 0 Å². The van der Waals surface area contributed by atoms with Crippen LogP contribution in [-0.4, -0.2) is 37.5 Å². The Morgan fingerprint density at radius 1 is 0.967 bits per heavy atom. The maximum Gasteiger partial charge on any atom is 0.128 e. The van der Waals surface area contributed by atoms with Gasteiger partial charge in [0, 0.05) is 67.2 Å². The highest BCUT2D eigenvalue weighted by Crippen LogP contribution is 2.36. The van der Waals surface area contributed by atoms with E-state index >= 15 is 0 Å². The van der Waals surface area contributed by atoms with Crippen LogP contribution in [0.3, 0.4) is 0 Å². The van der Waals surface area contributed by atoms with Gasteiger partial charge < -0.3 is 4.90 Å². The minimum absolute atomic E-state index is 0.483. The topological polar surface area (TPSA) is 51.2 Å². The lowest BCUT2D eigenvalue weighted by Crippen LogP contribution is -2.38. The number of aromatic nitrogens is 5. The Morgan fingerprint density at radius 2 is 1.80 bits per heavy atom. The number of anilines is 1. The van der Waals surface area contributed by atoms with Crippen molar-refractivity contribution in [2.75, 3.05) is 18.0 Å². The number of nitrogens with zero attached hydrogens (tertiary/aromatic N) is 6. The maximum absolute atomic E-state index is 4.83. The molecule has 6 nitrogen and oxygen atoms in total. The zero-order valence-electron chi connectivity index (χ0n) is 17.9. The average Bonchev–Trinajstić information content (AvgIpc) is 3.42. The van der Waals surface area contributed by atoms with Crippen LogP contribution in [0.1, 0.15) is 33.1 Å². The van der Waals surface area contributed by atoms with Crippen molar-refractivity contribution >= 4 is 11.3 Å². The van der Waals surface area contributed by atoms with Gasteiger partial charge in [-0.2, -0.15) is 10.2 Å². The fourth-order valence-corrected chi connectivity index (χ4v) is 4.35. The fourth-order valence-electron chi connectivity index (χ4n) is 4.35. The van der Waals surface area contributed by atoms with E-state index in [4.69, 9.17) is 4.98 Å². The van der Waals surface area contributed by atoms with Gasteiger partial charge in [-0.1, -0.05) is 20.3 Å². The summed E-state index contributed by atoms with van der Waals surface area (Å²) in [5, 5.41) is 8.78. The van der Waals surface area contributed by atoms with Crippen molar-refractivity contribution in [1.82, 2.24) is 24.4 Å². The molecule has 0 aliphatic carbocycles. The number of pyridine rings is 2. The van der Waals surface area contributed by atoms with Crippen LogP contribution in [0.15, 0.2) is 55.2 Å². The molecule has 1 aliphatic rings. The van der Waals surface area contributed by atoms with Gasteiger partial charge in [0.1, 0.15) is 5.82 Å². The Labute approximate surface area is 177 Å². The van der Waals surface area contributed by atoms with Gasteiger partial charge in [-0.25, -0.2) is 9.50 Å². The molecule has 0 atom stereocenters. The van der Waals surface area contributed by atoms with Crippen LogP contribution in [-0.2, 0) is 7.05 Å². The van der Waals surface area contributed by atoms with Crippen LogP contribution in [0.5, 0.6) is 0 Å². The third-order valence-corrected chi connectivity index (χ3v) is 6.75. The van der Waals surface area contributed by atoms with Gasteiger partial charge in [-0.3, -0.25) is 4.68 Å². The Hall–Kier alpha value is -3.15. The maximum atomic E-state index is 4.83. The molecule has 5 heterocycles. The third-order valence-electron chi connectivity index (χ3n) is 6.75. The molecule has 0 aromatic carbocycles. The van der Waals surface area contributed by atoms with Gasteiger partial charge in [0.2, 0.25) is 0 Å². The monoisotopic (exact) mass is 400 g/mol. The van der Waals surface area contributed by atoms with Crippen molar-refractivity contribution in [2.45, 2.75) is 33.1 Å². The molecule has 0 bridgehead atoms. The van der Waals surface area contributed by atoms with Crippen molar-refractivity contribution in [1.29, 1.82) is 0 Å². The van der Waals surface area contributed by atoms with E-state index in [2.05, 4.69) is 53.3 Å². The van der Waals surface area contributed by atoms with Gasteiger partial charge in [0.05, 0.1) is 11.7 Å². The molecular weight excluding hydrogens is 372 g/mol. The van der Waals surface area contributed by atoms with Gasteiger partial charge in [-0.05, 0) is 42.5 Å². The lowest BCUT2D eigenvalue weighted by molar-refractivity contribution is 0.238. The smallest absolute Gasteiger partial charge is 0.128 e. The molecule has 1 fully saturated rings. The summed E-state index contributed by atoms with van der Waals surface area (Å²) in [4.78, 5) is 7.25. The highest BCUT2D eigenvalue weighted by atomic mass is 15.2. The first-order chi connectivity index (χ1) is 14.5. The van der Waals surface area contributed by atoms with Crippen LogP contribution >= 0.6 is 0 Å². The van der Waals surface area contributed by atoms with E-state index in [-0.39, 0.29) is 0 Å². The van der Waals surface area contributed by atoms with Crippen molar-refractivity contribution in [2.24, 2.45) is 12.5 Å². The summed E-state index contributed by atoms with van der Waals surface area (Å²) in [6, 6.07) is 8.60. The summed E-state index contributed by atoms with van der Waals surface area (Å²) in [6.45, 7) is 6.88. The van der Waals surface area contributed by atoms with E-state index < -0.39 is 0 Å². The lowest BCUT2D eigenvalue weighted by atomic mass is 9.78. The molecule has 0 spiro atoms. The first-order valence-corrected chi connectivity index (χ1v) is 10.7. The SMILES string of the molecule is CCC1(C)CCN(c2ccc(-c3cc(-c4cnn(C)c4)cn4nccc34)cn2)CC1. The van der Waals surface area contributed by atoms with Gasteiger partial charge in [-0.15, -0.1) is 0 Å². The predicted octanol–water partition coefficient (Wildman–Crippen LogP) is 4.81. The van der Waals surface area contributed by atoms with Crippen molar-refractivity contribution in [3.8, 4) is 22.3 Å². The van der Waals surface area contributed by atoms with Crippen molar-refractivity contribution in [3.63, 3.8) is 0 Å². The first kappa shape index (κ1) is 18.9. The summed E-state index contributed by atoms with van der Waals surface area (Å²) in [7, 11) is 1.93. The van der Waals surface area contributed by atoms with Crippen LogP contribution < -0.4 is 4.90 Å². The van der Waals surface area contributed by atoms with E-state index in [1.54, 1.807) is 0 Å². The molecule has 5 rings (SSSR count). The summed E-state index contributed by atoms with van der Waals surface area (Å²) >= 11 is 0. The molecule has 0 amide bonds. The number of rotatable bonds is 4. The second-order valence-corrected chi connectivity index (χ2v) is 8.76. The number of aryl methyl sites for hydroxylation is 1. The molecule has 0 radical (unpaired) electrons. The lowest BCUT2D eigenvalue weighted by Gasteiger charge is -2.39. The second kappa shape index (κ2) is 7.27. The van der Waals surface area contributed by atoms with Crippen LogP contribution in [0.4, 0.5) is 5.82 Å².